The number of anilines is 1. The van der Waals surface area contributed by atoms with Crippen LogP contribution in [0.1, 0.15) is 28.8 Å². The van der Waals surface area contributed by atoms with Crippen molar-refractivity contribution in [3.8, 4) is 10.6 Å². The van der Waals surface area contributed by atoms with E-state index in [9.17, 15) is 0 Å². The van der Waals surface area contributed by atoms with Gasteiger partial charge in [0.15, 0.2) is 0 Å². The largest absolute Gasteiger partial charge is 0.361 e. The van der Waals surface area contributed by atoms with Crippen LogP contribution in [0.5, 0.6) is 0 Å². The van der Waals surface area contributed by atoms with Crippen molar-refractivity contribution in [2.45, 2.75) is 19.8 Å². The van der Waals surface area contributed by atoms with Gasteiger partial charge in [-0.3, -0.25) is 4.98 Å². The van der Waals surface area contributed by atoms with Crippen molar-refractivity contribution in [1.29, 1.82) is 0 Å². The minimum absolute atomic E-state index is 0.861. The Morgan fingerprint density at radius 3 is 2.80 bits per heavy atom. The van der Waals surface area contributed by atoms with Gasteiger partial charge in [0, 0.05) is 25.2 Å². The van der Waals surface area contributed by atoms with E-state index in [4.69, 9.17) is 4.98 Å². The second-order valence-electron chi connectivity index (χ2n) is 6.21. The molecule has 1 aliphatic rings. The molecule has 2 aromatic heterocycles. The van der Waals surface area contributed by atoms with E-state index in [1.54, 1.807) is 17.5 Å². The molecule has 0 aliphatic heterocycles. The van der Waals surface area contributed by atoms with Crippen molar-refractivity contribution < 1.29 is 0 Å². The first kappa shape index (κ1) is 15.9. The van der Waals surface area contributed by atoms with Crippen molar-refractivity contribution in [2.24, 2.45) is 0 Å². The number of fused-ring (bicyclic) bond motifs is 1. The van der Waals surface area contributed by atoms with Crippen molar-refractivity contribution in [3.63, 3.8) is 0 Å². The summed E-state index contributed by atoms with van der Waals surface area (Å²) in [7, 11) is 3.95. The van der Waals surface area contributed by atoms with Crippen LogP contribution in [0.3, 0.4) is 0 Å². The molecule has 0 atom stereocenters. The van der Waals surface area contributed by atoms with E-state index in [2.05, 4.69) is 46.4 Å². The van der Waals surface area contributed by atoms with E-state index in [0.29, 0.717) is 0 Å². The zero-order valence-electron chi connectivity index (χ0n) is 14.5. The summed E-state index contributed by atoms with van der Waals surface area (Å²) in [5.41, 5.74) is 5.70. The molecule has 25 heavy (non-hydrogen) atoms. The molecule has 2 heterocycles. The summed E-state index contributed by atoms with van der Waals surface area (Å²) in [5.74, 6) is 0.861. The number of nitrogens with zero attached hydrogens (tertiary/aromatic N) is 5. The van der Waals surface area contributed by atoms with Gasteiger partial charge in [-0.25, -0.2) is 4.98 Å². The average Bonchev–Trinajstić information content (AvgIpc) is 3.28. The predicted molar refractivity (Wildman–Crippen MR) is 102 cm³/mol. The molecule has 3 aromatic rings. The lowest BCUT2D eigenvalue weighted by molar-refractivity contribution is 0.986. The Hall–Kier alpha value is -2.60. The highest BCUT2D eigenvalue weighted by atomic mass is 32.1. The first-order chi connectivity index (χ1) is 12.2. The van der Waals surface area contributed by atoms with Gasteiger partial charge in [-0.2, -0.15) is 0 Å². The Labute approximate surface area is 151 Å². The van der Waals surface area contributed by atoms with E-state index < -0.39 is 0 Å². The van der Waals surface area contributed by atoms with E-state index in [1.165, 1.54) is 11.1 Å². The Morgan fingerprint density at radius 1 is 1.16 bits per heavy atom. The molecule has 0 saturated carbocycles. The fourth-order valence-electron chi connectivity index (χ4n) is 2.92. The molecule has 4 rings (SSSR count). The number of hydrogen-bond acceptors (Lipinski definition) is 6. The smallest absolute Gasteiger partial charge is 0.147 e. The van der Waals surface area contributed by atoms with Crippen molar-refractivity contribution in [1.82, 2.24) is 20.2 Å². The van der Waals surface area contributed by atoms with Crippen LogP contribution in [0.25, 0.3) is 16.1 Å². The minimum atomic E-state index is 0.861. The molecule has 6 heteroatoms. The van der Waals surface area contributed by atoms with Gasteiger partial charge in [0.05, 0.1) is 18.1 Å². The molecule has 1 aliphatic carbocycles. The van der Waals surface area contributed by atoms with Gasteiger partial charge in [0.2, 0.25) is 0 Å². The molecule has 0 saturated heterocycles. The third-order valence-corrected chi connectivity index (χ3v) is 5.42. The second-order valence-corrected chi connectivity index (χ2v) is 7.27. The summed E-state index contributed by atoms with van der Waals surface area (Å²) >= 11 is 1.66. The molecule has 0 N–H and O–H groups in total. The van der Waals surface area contributed by atoms with E-state index >= 15 is 0 Å². The highest BCUT2D eigenvalue weighted by molar-refractivity contribution is 7.14. The lowest BCUT2D eigenvalue weighted by Gasteiger charge is -2.13. The van der Waals surface area contributed by atoms with Gasteiger partial charge in [-0.15, -0.1) is 10.2 Å². The van der Waals surface area contributed by atoms with E-state index in [0.717, 1.165) is 45.5 Å². The van der Waals surface area contributed by atoms with Crippen LogP contribution in [0.4, 0.5) is 5.82 Å². The number of benzene rings is 1. The fraction of sp³-hybridized carbons (Fsp3) is 0.263. The maximum atomic E-state index is 4.74. The van der Waals surface area contributed by atoms with Crippen LogP contribution >= 0.6 is 11.3 Å². The molecule has 0 unspecified atom stereocenters. The molecule has 0 radical (unpaired) electrons. The number of hydrogen-bond donors (Lipinski definition) is 0. The van der Waals surface area contributed by atoms with Crippen LogP contribution in [-0.4, -0.2) is 34.3 Å². The Bertz CT molecular complexity index is 958. The lowest BCUT2D eigenvalue weighted by atomic mass is 10.0. The summed E-state index contributed by atoms with van der Waals surface area (Å²) in [5, 5.41) is 10.6. The normalized spacial score (nSPS) is 12.8. The van der Waals surface area contributed by atoms with Crippen LogP contribution in [0.15, 0.2) is 36.7 Å². The highest BCUT2D eigenvalue weighted by Gasteiger charge is 2.19. The molecule has 0 bridgehead atoms. The third-order valence-electron chi connectivity index (χ3n) is 4.30. The van der Waals surface area contributed by atoms with Gasteiger partial charge < -0.3 is 4.90 Å². The summed E-state index contributed by atoms with van der Waals surface area (Å²) < 4.78 is 0. The predicted octanol–water partition coefficient (Wildman–Crippen LogP) is 3.61. The molecular weight excluding hydrogens is 330 g/mol. The highest BCUT2D eigenvalue weighted by Crippen LogP contribution is 2.35. The van der Waals surface area contributed by atoms with Crippen molar-refractivity contribution in [2.75, 3.05) is 19.0 Å². The summed E-state index contributed by atoms with van der Waals surface area (Å²) in [6.07, 6.45) is 7.69. The average molecular weight is 349 g/mol. The van der Waals surface area contributed by atoms with E-state index in [1.807, 2.05) is 25.2 Å². The second kappa shape index (κ2) is 6.37. The molecule has 126 valence electrons. The van der Waals surface area contributed by atoms with Gasteiger partial charge >= 0.3 is 0 Å². The number of rotatable bonds is 4. The number of allylic oxidation sites excluding steroid dienone is 1. The Balaban J connectivity index is 1.74. The maximum absolute atomic E-state index is 4.74. The zero-order chi connectivity index (χ0) is 17.4. The summed E-state index contributed by atoms with van der Waals surface area (Å²) in [6, 6.07) is 6.53. The minimum Gasteiger partial charge on any atom is -0.361 e. The fourth-order valence-corrected chi connectivity index (χ4v) is 3.69. The quantitative estimate of drug-likeness (QED) is 0.720. The first-order valence-electron chi connectivity index (χ1n) is 8.31. The number of aromatic nitrogens is 4. The number of aryl methyl sites for hydroxylation is 1. The monoisotopic (exact) mass is 349 g/mol. The molecule has 5 nitrogen and oxygen atoms in total. The van der Waals surface area contributed by atoms with Crippen LogP contribution in [-0.2, 0) is 12.8 Å². The standard InChI is InChI=1S/C19H19N5S/c1-4-18-22-23-19(25-18)13-6-5-12-7-8-14(15(12)9-13)16-10-20-11-17(21-16)24(2)3/h5-6,8-11H,4,7H2,1-3H3. The Kier molecular flexibility index (Phi) is 4.05. The van der Waals surface area contributed by atoms with Gasteiger partial charge in [0.1, 0.15) is 15.8 Å². The van der Waals surface area contributed by atoms with Crippen LogP contribution < -0.4 is 4.90 Å². The SMILES string of the molecule is CCc1nnc(-c2ccc3c(c2)C(c2cncc(N(C)C)n2)=CC3)s1. The van der Waals surface area contributed by atoms with Crippen LogP contribution in [0.2, 0.25) is 0 Å². The van der Waals surface area contributed by atoms with Crippen molar-refractivity contribution in [3.05, 3.63) is 58.5 Å². The first-order valence-corrected chi connectivity index (χ1v) is 9.13. The molecule has 0 amide bonds. The molecule has 0 spiro atoms. The van der Waals surface area contributed by atoms with Gasteiger partial charge in [-0.1, -0.05) is 36.5 Å². The Morgan fingerprint density at radius 2 is 2.04 bits per heavy atom. The van der Waals surface area contributed by atoms with Gasteiger partial charge in [-0.05, 0) is 30.0 Å². The maximum Gasteiger partial charge on any atom is 0.147 e. The third kappa shape index (κ3) is 2.93. The molecule has 0 fully saturated rings. The lowest BCUT2D eigenvalue weighted by Crippen LogP contribution is -2.11. The molecule has 1 aromatic carbocycles. The van der Waals surface area contributed by atoms with E-state index in [-0.39, 0.29) is 0 Å². The summed E-state index contributed by atoms with van der Waals surface area (Å²) in [6.45, 7) is 2.10. The molecular formula is C19H19N5S. The van der Waals surface area contributed by atoms with Gasteiger partial charge in [0.25, 0.3) is 0 Å². The van der Waals surface area contributed by atoms with Crippen LogP contribution in [0, 0.1) is 0 Å². The summed E-state index contributed by atoms with van der Waals surface area (Å²) in [4.78, 5) is 11.1. The zero-order valence-corrected chi connectivity index (χ0v) is 15.3. The van der Waals surface area contributed by atoms with Crippen molar-refractivity contribution >= 4 is 22.7 Å². The topological polar surface area (TPSA) is 54.8 Å².